The fourth-order valence-electron chi connectivity index (χ4n) is 4.43. The van der Waals surface area contributed by atoms with E-state index < -0.39 is 18.2 Å². The Kier molecular flexibility index (Phi) is 8.91. The van der Waals surface area contributed by atoms with Crippen LogP contribution in [0.5, 0.6) is 0 Å². The van der Waals surface area contributed by atoms with Crippen LogP contribution >= 0.6 is 0 Å². The van der Waals surface area contributed by atoms with Crippen molar-refractivity contribution in [1.29, 1.82) is 0 Å². The van der Waals surface area contributed by atoms with E-state index in [0.717, 1.165) is 18.1 Å². The van der Waals surface area contributed by atoms with Crippen LogP contribution in [0.2, 0.25) is 18.1 Å². The Morgan fingerprint density at radius 2 is 1.55 bits per heavy atom. The number of sulfone groups is 1. The molecule has 0 amide bonds. The number of benzene rings is 1. The standard InChI is InChI=1S/C22H38O5SSi/c1-6-29(7-2,8-3)27-22-17(4)20(26-21(16-23)18(22)5)14-15-28(24,25)19-12-10-9-11-13-19/h9-13,17-18,20-23H,6-8,14-16H2,1-5H3/t17-,18+,20+,21-,22-/m1/s1. The molecule has 0 aromatic heterocycles. The average Bonchev–Trinajstić information content (AvgIpc) is 2.74. The van der Waals surface area contributed by atoms with Crippen molar-refractivity contribution in [2.24, 2.45) is 11.8 Å². The summed E-state index contributed by atoms with van der Waals surface area (Å²) in [6, 6.07) is 11.7. The van der Waals surface area contributed by atoms with Crippen molar-refractivity contribution in [3.05, 3.63) is 30.3 Å². The molecule has 1 heterocycles. The third kappa shape index (κ3) is 5.70. The summed E-state index contributed by atoms with van der Waals surface area (Å²) < 4.78 is 38.4. The zero-order valence-corrected chi connectivity index (χ0v) is 20.3. The van der Waals surface area contributed by atoms with Gasteiger partial charge in [-0.3, -0.25) is 0 Å². The van der Waals surface area contributed by atoms with Crippen LogP contribution in [0.1, 0.15) is 41.0 Å². The summed E-state index contributed by atoms with van der Waals surface area (Å²) in [5.41, 5.74) is 0. The maximum atomic E-state index is 12.7. The fraction of sp³-hybridized carbons (Fsp3) is 0.727. The lowest BCUT2D eigenvalue weighted by Crippen LogP contribution is -2.55. The monoisotopic (exact) mass is 442 g/mol. The summed E-state index contributed by atoms with van der Waals surface area (Å²) >= 11 is 0. The van der Waals surface area contributed by atoms with Crippen LogP contribution in [0.4, 0.5) is 0 Å². The van der Waals surface area contributed by atoms with E-state index in [1.54, 1.807) is 24.3 Å². The lowest BCUT2D eigenvalue weighted by Gasteiger charge is -2.48. The van der Waals surface area contributed by atoms with Gasteiger partial charge in [0.15, 0.2) is 18.2 Å². The van der Waals surface area contributed by atoms with E-state index in [1.807, 2.05) is 6.07 Å². The van der Waals surface area contributed by atoms with Crippen molar-refractivity contribution >= 4 is 18.2 Å². The second-order valence-electron chi connectivity index (χ2n) is 8.36. The third-order valence-electron chi connectivity index (χ3n) is 6.83. The number of hydrogen-bond donors (Lipinski definition) is 1. The average molecular weight is 443 g/mol. The van der Waals surface area contributed by atoms with Gasteiger partial charge in [0.1, 0.15) is 0 Å². The molecule has 5 atom stereocenters. The predicted octanol–water partition coefficient (Wildman–Crippen LogP) is 4.27. The van der Waals surface area contributed by atoms with Gasteiger partial charge in [-0.2, -0.15) is 0 Å². The van der Waals surface area contributed by atoms with Crippen LogP contribution < -0.4 is 0 Å². The van der Waals surface area contributed by atoms with Crippen molar-refractivity contribution in [3.8, 4) is 0 Å². The molecule has 1 N–H and O–H groups in total. The molecule has 0 bridgehead atoms. The van der Waals surface area contributed by atoms with Crippen LogP contribution in [0.3, 0.4) is 0 Å². The molecule has 1 saturated heterocycles. The van der Waals surface area contributed by atoms with Crippen molar-refractivity contribution in [3.63, 3.8) is 0 Å². The summed E-state index contributed by atoms with van der Waals surface area (Å²) in [5.74, 6) is 0.187. The van der Waals surface area contributed by atoms with E-state index in [9.17, 15) is 13.5 Å². The van der Waals surface area contributed by atoms with Gasteiger partial charge in [0.05, 0.1) is 35.6 Å². The van der Waals surface area contributed by atoms with Gasteiger partial charge < -0.3 is 14.3 Å². The van der Waals surface area contributed by atoms with Crippen molar-refractivity contribution < 1.29 is 22.7 Å². The van der Waals surface area contributed by atoms with Crippen LogP contribution in [-0.2, 0) is 19.0 Å². The summed E-state index contributed by atoms with van der Waals surface area (Å²) in [6.07, 6.45) is -0.181. The molecule has 1 aromatic rings. The van der Waals surface area contributed by atoms with Gasteiger partial charge in [0, 0.05) is 11.8 Å². The van der Waals surface area contributed by atoms with Crippen LogP contribution in [-0.4, -0.2) is 52.5 Å². The Balaban J connectivity index is 2.17. The van der Waals surface area contributed by atoms with Gasteiger partial charge in [0.2, 0.25) is 0 Å². The molecule has 1 aromatic carbocycles. The highest BCUT2D eigenvalue weighted by molar-refractivity contribution is 7.91. The Hall–Kier alpha value is -0.733. The van der Waals surface area contributed by atoms with Crippen LogP contribution in [0.25, 0.3) is 0 Å². The molecule has 0 radical (unpaired) electrons. The fourth-order valence-corrected chi connectivity index (χ4v) is 8.79. The largest absolute Gasteiger partial charge is 0.413 e. The number of rotatable bonds is 10. The van der Waals surface area contributed by atoms with E-state index in [4.69, 9.17) is 9.16 Å². The van der Waals surface area contributed by atoms with Gasteiger partial charge in [0.25, 0.3) is 0 Å². The Morgan fingerprint density at radius 1 is 1.00 bits per heavy atom. The molecule has 29 heavy (non-hydrogen) atoms. The number of hydrogen-bond acceptors (Lipinski definition) is 5. The molecule has 0 aliphatic carbocycles. The van der Waals surface area contributed by atoms with Gasteiger partial charge >= 0.3 is 0 Å². The quantitative estimate of drug-likeness (QED) is 0.548. The normalized spacial score (nSPS) is 28.4. The van der Waals surface area contributed by atoms with Crippen molar-refractivity contribution in [2.75, 3.05) is 12.4 Å². The summed E-state index contributed by atoms with van der Waals surface area (Å²) in [4.78, 5) is 0.345. The highest BCUT2D eigenvalue weighted by Crippen LogP contribution is 2.38. The highest BCUT2D eigenvalue weighted by Gasteiger charge is 2.45. The minimum absolute atomic E-state index is 0.0168. The first-order valence-corrected chi connectivity index (χ1v) is 15.1. The maximum Gasteiger partial charge on any atom is 0.192 e. The first kappa shape index (κ1) is 24.5. The van der Waals surface area contributed by atoms with Gasteiger partial charge in [-0.1, -0.05) is 52.8 Å². The predicted molar refractivity (Wildman–Crippen MR) is 119 cm³/mol. The number of aliphatic hydroxyl groups excluding tert-OH is 1. The van der Waals surface area contributed by atoms with E-state index >= 15 is 0 Å². The molecule has 5 nitrogen and oxygen atoms in total. The molecule has 1 aliphatic heterocycles. The third-order valence-corrected chi connectivity index (χ3v) is 13.2. The minimum atomic E-state index is -3.36. The lowest BCUT2D eigenvalue weighted by atomic mass is 9.82. The van der Waals surface area contributed by atoms with E-state index in [2.05, 4.69) is 34.6 Å². The van der Waals surface area contributed by atoms with Crippen LogP contribution in [0.15, 0.2) is 35.2 Å². The number of ether oxygens (including phenoxy) is 1. The van der Waals surface area contributed by atoms with Gasteiger partial charge in [-0.25, -0.2) is 8.42 Å². The zero-order chi connectivity index (χ0) is 21.7. The zero-order valence-electron chi connectivity index (χ0n) is 18.5. The molecular formula is C22H38O5SSi. The van der Waals surface area contributed by atoms with E-state index in [0.29, 0.717) is 11.3 Å². The first-order valence-electron chi connectivity index (χ1n) is 11.0. The molecule has 0 spiro atoms. The van der Waals surface area contributed by atoms with Gasteiger partial charge in [-0.15, -0.1) is 0 Å². The number of aliphatic hydroxyl groups is 1. The summed E-state index contributed by atoms with van der Waals surface area (Å²) in [5, 5.41) is 9.87. The molecule has 0 unspecified atom stereocenters. The van der Waals surface area contributed by atoms with Crippen LogP contribution in [0, 0.1) is 11.8 Å². The maximum absolute atomic E-state index is 12.7. The second kappa shape index (κ2) is 10.5. The van der Waals surface area contributed by atoms with Gasteiger partial charge in [-0.05, 0) is 36.7 Å². The Morgan fingerprint density at radius 3 is 2.07 bits per heavy atom. The molecule has 1 aliphatic rings. The molecule has 166 valence electrons. The molecule has 2 rings (SSSR count). The highest BCUT2D eigenvalue weighted by atomic mass is 32.2. The Bertz CT molecular complexity index is 712. The lowest BCUT2D eigenvalue weighted by molar-refractivity contribution is -0.170. The molecule has 0 saturated carbocycles. The second-order valence-corrected chi connectivity index (χ2v) is 15.2. The van der Waals surface area contributed by atoms with E-state index in [-0.39, 0.29) is 42.5 Å². The summed E-state index contributed by atoms with van der Waals surface area (Å²) in [7, 11) is -5.19. The topological polar surface area (TPSA) is 72.8 Å². The first-order chi connectivity index (χ1) is 13.7. The smallest absolute Gasteiger partial charge is 0.192 e. The van der Waals surface area contributed by atoms with Crippen molar-refractivity contribution in [1.82, 2.24) is 0 Å². The molecule has 7 heteroatoms. The molecule has 1 fully saturated rings. The minimum Gasteiger partial charge on any atom is -0.413 e. The Labute approximate surface area is 177 Å². The van der Waals surface area contributed by atoms with Crippen molar-refractivity contribution in [2.45, 2.75) is 82.4 Å². The van der Waals surface area contributed by atoms with E-state index in [1.165, 1.54) is 0 Å². The SMILES string of the molecule is CC[Si](CC)(CC)O[C@H]1[C@@H](C)[C@@H](CO)O[C@@H](CCS(=O)(=O)c2ccccc2)[C@H]1C. The molecular weight excluding hydrogens is 404 g/mol. The summed E-state index contributed by atoms with van der Waals surface area (Å²) in [6.45, 7) is 10.7.